The summed E-state index contributed by atoms with van der Waals surface area (Å²) in [6, 6.07) is 6.89. The molecule has 0 aliphatic carbocycles. The number of carbonyl (C=O) groups is 1. The minimum atomic E-state index is -0.0994. The predicted molar refractivity (Wildman–Crippen MR) is 51.0 cm³/mol. The van der Waals surface area contributed by atoms with Crippen molar-refractivity contribution in [1.29, 1.82) is 0 Å². The normalized spacial score (nSPS) is 8.69. The Labute approximate surface area is 77.2 Å². The fourth-order valence-corrected chi connectivity index (χ4v) is 0.931. The summed E-state index contributed by atoms with van der Waals surface area (Å²) in [4.78, 5) is 11.2. The molecule has 0 saturated carbocycles. The van der Waals surface area contributed by atoms with Gasteiger partial charge in [-0.1, -0.05) is 6.58 Å². The molecule has 0 aliphatic heterocycles. The highest BCUT2D eigenvalue weighted by Crippen LogP contribution is 2.11. The monoisotopic (exact) mass is 174 g/mol. The zero-order valence-corrected chi connectivity index (χ0v) is 7.41. The van der Waals surface area contributed by atoms with E-state index in [1.54, 1.807) is 31.4 Å². The summed E-state index contributed by atoms with van der Waals surface area (Å²) >= 11 is 0. The third-order valence-corrected chi connectivity index (χ3v) is 1.61. The molecule has 1 aromatic carbocycles. The van der Waals surface area contributed by atoms with Gasteiger partial charge in [0, 0.05) is 11.6 Å². The van der Waals surface area contributed by atoms with Crippen molar-refractivity contribution in [2.24, 2.45) is 0 Å². The van der Waals surface area contributed by atoms with Crippen molar-refractivity contribution in [3.8, 4) is 5.75 Å². The number of allylic oxidation sites excluding steroid dienone is 1. The zero-order valence-electron chi connectivity index (χ0n) is 7.41. The summed E-state index contributed by atoms with van der Waals surface area (Å²) in [6.45, 7) is 3.33. The van der Waals surface area contributed by atoms with E-state index in [0.29, 0.717) is 5.56 Å². The summed E-state index contributed by atoms with van der Waals surface area (Å²) in [5.41, 5.74) is 3.05. The van der Waals surface area contributed by atoms with Crippen LogP contribution in [0, 0.1) is 0 Å². The molecule has 0 heterocycles. The smallest absolute Gasteiger partial charge is 0.193 e. The van der Waals surface area contributed by atoms with Crippen molar-refractivity contribution in [2.45, 2.75) is 0 Å². The lowest BCUT2D eigenvalue weighted by atomic mass is 10.1. The van der Waals surface area contributed by atoms with E-state index in [0.717, 1.165) is 5.75 Å². The summed E-state index contributed by atoms with van der Waals surface area (Å²) in [7, 11) is 1.58. The number of methoxy groups -OCH3 is 1. The van der Waals surface area contributed by atoms with Gasteiger partial charge in [0.2, 0.25) is 0 Å². The van der Waals surface area contributed by atoms with Gasteiger partial charge < -0.3 is 4.74 Å². The van der Waals surface area contributed by atoms with Gasteiger partial charge in [0.15, 0.2) is 5.78 Å². The maximum atomic E-state index is 11.2. The van der Waals surface area contributed by atoms with Gasteiger partial charge in [0.25, 0.3) is 0 Å². The molecule has 2 nitrogen and oxygen atoms in total. The van der Waals surface area contributed by atoms with Gasteiger partial charge >= 0.3 is 0 Å². The van der Waals surface area contributed by atoms with Gasteiger partial charge in [0.05, 0.1) is 7.11 Å². The maximum Gasteiger partial charge on any atom is 0.193 e. The number of carbonyl (C=O) groups excluding carboxylic acids is 1. The summed E-state index contributed by atoms with van der Waals surface area (Å²) in [5.74, 6) is 0.636. The number of ketones is 1. The fraction of sp³-hybridized carbons (Fsp3) is 0.0909. The maximum absolute atomic E-state index is 11.2. The quantitative estimate of drug-likeness (QED) is 0.399. The molecule has 0 atom stereocenters. The Morgan fingerprint density at radius 2 is 2.08 bits per heavy atom. The van der Waals surface area contributed by atoms with Gasteiger partial charge in [-0.3, -0.25) is 4.79 Å². The van der Waals surface area contributed by atoms with Crippen LogP contribution in [0.5, 0.6) is 5.75 Å². The van der Waals surface area contributed by atoms with E-state index in [9.17, 15) is 4.79 Å². The molecule has 0 aliphatic rings. The average Bonchev–Trinajstić information content (AvgIpc) is 2.18. The Morgan fingerprint density at radius 3 is 2.54 bits per heavy atom. The Morgan fingerprint density at radius 1 is 1.46 bits per heavy atom. The van der Waals surface area contributed by atoms with Crippen molar-refractivity contribution in [2.75, 3.05) is 7.11 Å². The minimum Gasteiger partial charge on any atom is -0.497 e. The predicted octanol–water partition coefficient (Wildman–Crippen LogP) is 2.22. The van der Waals surface area contributed by atoms with Crippen molar-refractivity contribution >= 4 is 5.78 Å². The summed E-state index contributed by atoms with van der Waals surface area (Å²) in [6.07, 6.45) is 1.31. The molecule has 0 spiro atoms. The third kappa shape index (κ3) is 2.32. The van der Waals surface area contributed by atoms with E-state index in [-0.39, 0.29) is 5.78 Å². The van der Waals surface area contributed by atoms with E-state index in [1.165, 1.54) is 6.08 Å². The van der Waals surface area contributed by atoms with Crippen molar-refractivity contribution in [1.82, 2.24) is 0 Å². The highest BCUT2D eigenvalue weighted by Gasteiger charge is 2.00. The van der Waals surface area contributed by atoms with Crippen LogP contribution in [0.1, 0.15) is 10.4 Å². The lowest BCUT2D eigenvalue weighted by Crippen LogP contribution is -1.93. The topological polar surface area (TPSA) is 26.3 Å². The van der Waals surface area contributed by atoms with Gasteiger partial charge in [-0.2, -0.15) is 0 Å². The Balaban J connectivity index is 2.92. The SMILES string of the molecule is C=C=CC(=O)c1ccc(OC)cc1. The van der Waals surface area contributed by atoms with E-state index < -0.39 is 0 Å². The molecule has 0 fully saturated rings. The molecule has 0 bridgehead atoms. The molecule has 0 unspecified atom stereocenters. The first-order valence-corrected chi connectivity index (χ1v) is 3.82. The van der Waals surface area contributed by atoms with E-state index in [4.69, 9.17) is 4.74 Å². The van der Waals surface area contributed by atoms with Gasteiger partial charge in [-0.05, 0) is 24.3 Å². The first-order valence-electron chi connectivity index (χ1n) is 3.82. The molecule has 0 N–H and O–H groups in total. The van der Waals surface area contributed by atoms with Gasteiger partial charge in [-0.15, -0.1) is 5.73 Å². The molecular weight excluding hydrogens is 164 g/mol. The Bertz CT molecular complexity index is 343. The number of hydrogen-bond acceptors (Lipinski definition) is 2. The summed E-state index contributed by atoms with van der Waals surface area (Å²) < 4.78 is 4.96. The molecule has 13 heavy (non-hydrogen) atoms. The van der Waals surface area contributed by atoms with Crippen LogP contribution in [0.15, 0.2) is 42.7 Å². The molecule has 66 valence electrons. The van der Waals surface area contributed by atoms with Crippen molar-refractivity contribution in [3.63, 3.8) is 0 Å². The zero-order chi connectivity index (χ0) is 9.68. The number of hydrogen-bond donors (Lipinski definition) is 0. The van der Waals surface area contributed by atoms with E-state index in [1.807, 2.05) is 0 Å². The average molecular weight is 174 g/mol. The standard InChI is InChI=1S/C11H10O2/c1-3-4-11(12)9-5-7-10(13-2)8-6-9/h4-8H,1H2,2H3. The van der Waals surface area contributed by atoms with Crippen molar-refractivity contribution in [3.05, 3.63) is 48.2 Å². The lowest BCUT2D eigenvalue weighted by molar-refractivity contribution is 0.104. The molecule has 0 radical (unpaired) electrons. The lowest BCUT2D eigenvalue weighted by Gasteiger charge is -1.99. The molecular formula is C11H10O2. The Kier molecular flexibility index (Phi) is 3.07. The second-order valence-corrected chi connectivity index (χ2v) is 2.44. The van der Waals surface area contributed by atoms with E-state index >= 15 is 0 Å². The Hall–Kier alpha value is -1.79. The first-order chi connectivity index (χ1) is 6.27. The van der Waals surface area contributed by atoms with Crippen LogP contribution in [0.3, 0.4) is 0 Å². The van der Waals surface area contributed by atoms with Gasteiger partial charge in [0.1, 0.15) is 5.75 Å². The largest absolute Gasteiger partial charge is 0.497 e. The van der Waals surface area contributed by atoms with Gasteiger partial charge in [-0.25, -0.2) is 0 Å². The van der Waals surface area contributed by atoms with Crippen LogP contribution in [0.4, 0.5) is 0 Å². The van der Waals surface area contributed by atoms with E-state index in [2.05, 4.69) is 12.3 Å². The fourth-order valence-electron chi connectivity index (χ4n) is 0.931. The summed E-state index contributed by atoms with van der Waals surface area (Å²) in [5, 5.41) is 0. The first kappa shape index (κ1) is 9.30. The van der Waals surface area contributed by atoms with Crippen LogP contribution in [-0.2, 0) is 0 Å². The second-order valence-electron chi connectivity index (χ2n) is 2.44. The molecule has 0 amide bonds. The molecule has 1 aromatic rings. The highest BCUT2D eigenvalue weighted by molar-refractivity contribution is 6.04. The number of benzene rings is 1. The van der Waals surface area contributed by atoms with Crippen LogP contribution >= 0.6 is 0 Å². The number of rotatable bonds is 3. The molecule has 0 saturated heterocycles. The van der Waals surface area contributed by atoms with Crippen LogP contribution in [0.2, 0.25) is 0 Å². The highest BCUT2D eigenvalue weighted by atomic mass is 16.5. The second kappa shape index (κ2) is 4.29. The van der Waals surface area contributed by atoms with Crippen LogP contribution in [-0.4, -0.2) is 12.9 Å². The molecule has 2 heteroatoms. The van der Waals surface area contributed by atoms with Crippen molar-refractivity contribution < 1.29 is 9.53 Å². The minimum absolute atomic E-state index is 0.0994. The van der Waals surface area contributed by atoms with Crippen LogP contribution < -0.4 is 4.74 Å². The molecule has 1 rings (SSSR count). The molecule has 0 aromatic heterocycles. The third-order valence-electron chi connectivity index (χ3n) is 1.61. The van der Waals surface area contributed by atoms with Crippen LogP contribution in [0.25, 0.3) is 0 Å². The number of ether oxygens (including phenoxy) is 1.